The maximum atomic E-state index is 13.0. The van der Waals surface area contributed by atoms with Gasteiger partial charge in [-0.1, -0.05) is 6.92 Å². The molecule has 0 unspecified atom stereocenters. The molecule has 0 spiro atoms. The van der Waals surface area contributed by atoms with Crippen molar-refractivity contribution in [1.82, 2.24) is 15.0 Å². The highest BCUT2D eigenvalue weighted by Gasteiger charge is 2.07. The number of rotatable bonds is 5. The normalized spacial score (nSPS) is 10.4. The molecule has 0 saturated carbocycles. The zero-order valence-electron chi connectivity index (χ0n) is 10.6. The van der Waals surface area contributed by atoms with Gasteiger partial charge in [0.1, 0.15) is 5.82 Å². The summed E-state index contributed by atoms with van der Waals surface area (Å²) in [5.41, 5.74) is 0.634. The SMILES string of the molecule is CCCNc1nc(Cl)nc(Nc2ccc(F)cc2Br)n1. The monoisotopic (exact) mass is 359 g/mol. The van der Waals surface area contributed by atoms with Gasteiger partial charge in [-0.25, -0.2) is 4.39 Å². The predicted octanol–water partition coefficient (Wildman–Crippen LogP) is 3.99. The zero-order valence-corrected chi connectivity index (χ0v) is 13.0. The van der Waals surface area contributed by atoms with Crippen LogP contribution in [0.4, 0.5) is 22.0 Å². The van der Waals surface area contributed by atoms with Crippen molar-refractivity contribution >= 4 is 45.1 Å². The Morgan fingerprint density at radius 3 is 2.70 bits per heavy atom. The molecular weight excluding hydrogens is 349 g/mol. The Morgan fingerprint density at radius 1 is 1.25 bits per heavy atom. The summed E-state index contributed by atoms with van der Waals surface area (Å²) >= 11 is 9.11. The van der Waals surface area contributed by atoms with Crippen LogP contribution in [-0.4, -0.2) is 21.5 Å². The Balaban J connectivity index is 2.21. The molecule has 0 fully saturated rings. The van der Waals surface area contributed by atoms with E-state index in [0.29, 0.717) is 16.1 Å². The third kappa shape index (κ3) is 4.01. The smallest absolute Gasteiger partial charge is 0.233 e. The number of nitrogens with zero attached hydrogens (tertiary/aromatic N) is 3. The van der Waals surface area contributed by atoms with E-state index in [2.05, 4.69) is 41.5 Å². The number of nitrogens with one attached hydrogen (secondary N) is 2. The highest BCUT2D eigenvalue weighted by atomic mass is 79.9. The second kappa shape index (κ2) is 6.81. The Morgan fingerprint density at radius 2 is 2.00 bits per heavy atom. The Kier molecular flexibility index (Phi) is 5.08. The van der Waals surface area contributed by atoms with Crippen molar-refractivity contribution in [2.75, 3.05) is 17.2 Å². The molecular formula is C12H12BrClFN5. The summed E-state index contributed by atoms with van der Waals surface area (Å²) in [6, 6.07) is 4.27. The lowest BCUT2D eigenvalue weighted by Crippen LogP contribution is -2.08. The summed E-state index contributed by atoms with van der Waals surface area (Å²) < 4.78 is 13.6. The fourth-order valence-corrected chi connectivity index (χ4v) is 2.04. The second-order valence-electron chi connectivity index (χ2n) is 3.93. The predicted molar refractivity (Wildman–Crippen MR) is 81.0 cm³/mol. The molecule has 0 aliphatic carbocycles. The van der Waals surface area contributed by atoms with Crippen LogP contribution in [0.25, 0.3) is 0 Å². The van der Waals surface area contributed by atoms with E-state index >= 15 is 0 Å². The fraction of sp³-hybridized carbons (Fsp3) is 0.250. The van der Waals surface area contributed by atoms with E-state index in [0.717, 1.165) is 13.0 Å². The molecule has 0 atom stereocenters. The summed E-state index contributed by atoms with van der Waals surface area (Å²) in [6.07, 6.45) is 0.940. The Hall–Kier alpha value is -1.47. The van der Waals surface area contributed by atoms with Gasteiger partial charge in [0.05, 0.1) is 5.69 Å². The van der Waals surface area contributed by atoms with Crippen molar-refractivity contribution in [2.45, 2.75) is 13.3 Å². The van der Waals surface area contributed by atoms with E-state index in [1.54, 1.807) is 6.07 Å². The van der Waals surface area contributed by atoms with Crippen molar-refractivity contribution < 1.29 is 4.39 Å². The number of hydrogen-bond acceptors (Lipinski definition) is 5. The number of aromatic nitrogens is 3. The number of halogens is 3. The van der Waals surface area contributed by atoms with Gasteiger partial charge >= 0.3 is 0 Å². The summed E-state index contributed by atoms with van der Waals surface area (Å²) in [6.45, 7) is 2.77. The maximum Gasteiger partial charge on any atom is 0.233 e. The molecule has 1 aromatic carbocycles. The molecule has 0 amide bonds. The van der Waals surface area contributed by atoms with E-state index < -0.39 is 0 Å². The molecule has 20 heavy (non-hydrogen) atoms. The molecule has 2 N–H and O–H groups in total. The molecule has 0 aliphatic heterocycles. The molecule has 0 radical (unpaired) electrons. The third-order valence-corrected chi connectivity index (χ3v) is 3.14. The highest BCUT2D eigenvalue weighted by Crippen LogP contribution is 2.25. The topological polar surface area (TPSA) is 62.7 Å². The van der Waals surface area contributed by atoms with E-state index in [1.807, 2.05) is 6.92 Å². The average Bonchev–Trinajstić information content (AvgIpc) is 2.39. The summed E-state index contributed by atoms with van der Waals surface area (Å²) in [5.74, 6) is 0.352. The average molecular weight is 361 g/mol. The molecule has 0 bridgehead atoms. The van der Waals surface area contributed by atoms with Crippen molar-refractivity contribution in [2.24, 2.45) is 0 Å². The van der Waals surface area contributed by atoms with Crippen LogP contribution in [0.2, 0.25) is 5.28 Å². The minimum atomic E-state index is -0.332. The number of hydrogen-bond donors (Lipinski definition) is 2. The lowest BCUT2D eigenvalue weighted by Gasteiger charge is -2.09. The van der Waals surface area contributed by atoms with E-state index in [1.165, 1.54) is 12.1 Å². The van der Waals surface area contributed by atoms with E-state index in [4.69, 9.17) is 11.6 Å². The summed E-state index contributed by atoms with van der Waals surface area (Å²) in [7, 11) is 0. The standard InChI is InChI=1S/C12H12BrClFN5/c1-2-5-16-11-18-10(14)19-12(20-11)17-9-4-3-7(15)6-8(9)13/h3-4,6H,2,5H2,1H3,(H2,16,17,18,19,20). The maximum absolute atomic E-state index is 13.0. The first-order valence-electron chi connectivity index (χ1n) is 5.96. The van der Waals surface area contributed by atoms with Crippen LogP contribution in [0, 0.1) is 5.82 Å². The van der Waals surface area contributed by atoms with Gasteiger partial charge < -0.3 is 10.6 Å². The molecule has 0 aliphatic rings. The highest BCUT2D eigenvalue weighted by molar-refractivity contribution is 9.10. The van der Waals surface area contributed by atoms with Crippen LogP contribution in [-0.2, 0) is 0 Å². The van der Waals surface area contributed by atoms with Gasteiger partial charge in [0.2, 0.25) is 17.2 Å². The molecule has 8 heteroatoms. The quantitative estimate of drug-likeness (QED) is 0.844. The van der Waals surface area contributed by atoms with Crippen LogP contribution >= 0.6 is 27.5 Å². The van der Waals surface area contributed by atoms with E-state index in [9.17, 15) is 4.39 Å². The van der Waals surface area contributed by atoms with Crippen molar-refractivity contribution in [3.63, 3.8) is 0 Å². The van der Waals surface area contributed by atoms with Gasteiger partial charge in [0.25, 0.3) is 0 Å². The third-order valence-electron chi connectivity index (χ3n) is 2.32. The van der Waals surface area contributed by atoms with Gasteiger partial charge in [-0.15, -0.1) is 0 Å². The first-order valence-corrected chi connectivity index (χ1v) is 7.13. The summed E-state index contributed by atoms with van der Waals surface area (Å²) in [4.78, 5) is 12.1. The molecule has 0 saturated heterocycles. The Bertz CT molecular complexity index is 610. The first kappa shape index (κ1) is 14.9. The molecule has 106 valence electrons. The lowest BCUT2D eigenvalue weighted by molar-refractivity contribution is 0.627. The molecule has 1 aromatic heterocycles. The van der Waals surface area contributed by atoms with Crippen LogP contribution in [0.1, 0.15) is 13.3 Å². The molecule has 5 nitrogen and oxygen atoms in total. The van der Waals surface area contributed by atoms with Gasteiger partial charge in [0.15, 0.2) is 0 Å². The van der Waals surface area contributed by atoms with Crippen LogP contribution in [0.3, 0.4) is 0 Å². The lowest BCUT2D eigenvalue weighted by atomic mass is 10.3. The van der Waals surface area contributed by atoms with Crippen molar-refractivity contribution in [3.05, 3.63) is 33.8 Å². The largest absolute Gasteiger partial charge is 0.354 e. The first-order chi connectivity index (χ1) is 9.58. The van der Waals surface area contributed by atoms with Gasteiger partial charge in [-0.2, -0.15) is 15.0 Å². The van der Waals surface area contributed by atoms with Crippen molar-refractivity contribution in [1.29, 1.82) is 0 Å². The molecule has 2 aromatic rings. The van der Waals surface area contributed by atoms with Crippen LogP contribution in [0.15, 0.2) is 22.7 Å². The zero-order chi connectivity index (χ0) is 14.5. The second-order valence-corrected chi connectivity index (χ2v) is 5.12. The van der Waals surface area contributed by atoms with Crippen LogP contribution < -0.4 is 10.6 Å². The number of anilines is 3. The van der Waals surface area contributed by atoms with Crippen LogP contribution in [0.5, 0.6) is 0 Å². The molecule has 2 rings (SSSR count). The van der Waals surface area contributed by atoms with Gasteiger partial charge in [-0.3, -0.25) is 0 Å². The molecule has 1 heterocycles. The minimum Gasteiger partial charge on any atom is -0.354 e. The van der Waals surface area contributed by atoms with Crippen molar-refractivity contribution in [3.8, 4) is 0 Å². The minimum absolute atomic E-state index is 0.0827. The van der Waals surface area contributed by atoms with E-state index in [-0.39, 0.29) is 17.0 Å². The fourth-order valence-electron chi connectivity index (χ4n) is 1.43. The number of benzene rings is 1. The summed E-state index contributed by atoms with van der Waals surface area (Å²) in [5, 5.41) is 6.07. The Labute approximate surface area is 129 Å². The van der Waals surface area contributed by atoms with Gasteiger partial charge in [-0.05, 0) is 52.2 Å². The van der Waals surface area contributed by atoms with Gasteiger partial charge in [0, 0.05) is 11.0 Å².